The number of nitrogens with zero attached hydrogens (tertiary/aromatic N) is 3. The van der Waals surface area contributed by atoms with Crippen LogP contribution in [0, 0.1) is 6.92 Å². The number of nitrogens with one attached hydrogen (secondary N) is 2. The molecule has 114 valence electrons. The highest BCUT2D eigenvalue weighted by Crippen LogP contribution is 2.21. The van der Waals surface area contributed by atoms with Crippen molar-refractivity contribution in [3.63, 3.8) is 0 Å². The third-order valence-electron chi connectivity index (χ3n) is 3.53. The second-order valence-corrected chi connectivity index (χ2v) is 5.19. The van der Waals surface area contributed by atoms with Crippen molar-refractivity contribution >= 4 is 23.3 Å². The Morgan fingerprint density at radius 1 is 1.41 bits per heavy atom. The Bertz CT molecular complexity index is 737. The third-order valence-corrected chi connectivity index (χ3v) is 3.53. The summed E-state index contributed by atoms with van der Waals surface area (Å²) in [5.74, 6) is -0.214. The first-order chi connectivity index (χ1) is 10.5. The largest absolute Gasteiger partial charge is 0.336 e. The summed E-state index contributed by atoms with van der Waals surface area (Å²) in [5, 5.41) is 9.75. The van der Waals surface area contributed by atoms with Gasteiger partial charge >= 0.3 is 6.03 Å². The molecule has 1 aromatic heterocycles. The van der Waals surface area contributed by atoms with Crippen molar-refractivity contribution in [3.8, 4) is 0 Å². The molecular weight excluding hydrogens is 282 g/mol. The van der Waals surface area contributed by atoms with E-state index in [2.05, 4.69) is 15.7 Å². The standard InChI is InChI=1S/C15H17N5O2/c1-10-13(9-19(2)18-10)14(21)17-11-4-3-5-12(8-11)20-7-6-16-15(20)22/h3-5,8-9H,6-7H2,1-2H3,(H,16,22)(H,17,21). The molecule has 0 atom stereocenters. The van der Waals surface area contributed by atoms with E-state index >= 15 is 0 Å². The molecule has 1 aliphatic heterocycles. The average Bonchev–Trinajstić information content (AvgIpc) is 3.04. The predicted octanol–water partition coefficient (Wildman–Crippen LogP) is 1.51. The zero-order chi connectivity index (χ0) is 15.7. The van der Waals surface area contributed by atoms with Gasteiger partial charge in [-0.05, 0) is 25.1 Å². The molecule has 3 rings (SSSR count). The maximum atomic E-state index is 12.3. The minimum atomic E-state index is -0.214. The monoisotopic (exact) mass is 299 g/mol. The molecule has 2 N–H and O–H groups in total. The number of aryl methyl sites for hydroxylation is 2. The fourth-order valence-corrected chi connectivity index (χ4v) is 2.49. The van der Waals surface area contributed by atoms with Crippen LogP contribution in [0.25, 0.3) is 0 Å². The van der Waals surface area contributed by atoms with Crippen LogP contribution < -0.4 is 15.5 Å². The lowest BCUT2D eigenvalue weighted by Crippen LogP contribution is -2.27. The summed E-state index contributed by atoms with van der Waals surface area (Å²) in [4.78, 5) is 25.6. The van der Waals surface area contributed by atoms with Crippen LogP contribution in [0.3, 0.4) is 0 Å². The average molecular weight is 299 g/mol. The number of carbonyl (C=O) groups is 2. The molecule has 1 aromatic carbocycles. The molecule has 1 fully saturated rings. The number of rotatable bonds is 3. The maximum Gasteiger partial charge on any atom is 0.321 e. The van der Waals surface area contributed by atoms with Crippen LogP contribution in [0.5, 0.6) is 0 Å². The minimum absolute atomic E-state index is 0.119. The van der Waals surface area contributed by atoms with E-state index in [1.165, 1.54) is 0 Å². The summed E-state index contributed by atoms with van der Waals surface area (Å²) in [6.45, 7) is 3.04. The molecule has 22 heavy (non-hydrogen) atoms. The highest BCUT2D eigenvalue weighted by Gasteiger charge is 2.21. The van der Waals surface area contributed by atoms with Gasteiger partial charge in [-0.3, -0.25) is 14.4 Å². The second-order valence-electron chi connectivity index (χ2n) is 5.19. The van der Waals surface area contributed by atoms with Crippen LogP contribution in [0.4, 0.5) is 16.2 Å². The first-order valence-corrected chi connectivity index (χ1v) is 7.01. The van der Waals surface area contributed by atoms with Gasteiger partial charge in [0.15, 0.2) is 0 Å². The van der Waals surface area contributed by atoms with Crippen molar-refractivity contribution in [2.75, 3.05) is 23.3 Å². The van der Waals surface area contributed by atoms with Gasteiger partial charge in [0.05, 0.1) is 11.3 Å². The summed E-state index contributed by atoms with van der Waals surface area (Å²) in [7, 11) is 1.77. The SMILES string of the molecule is Cc1nn(C)cc1C(=O)Nc1cccc(N2CCNC2=O)c1. The van der Waals surface area contributed by atoms with Gasteiger partial charge in [-0.1, -0.05) is 6.07 Å². The molecular formula is C15H17N5O2. The van der Waals surface area contributed by atoms with Crippen molar-refractivity contribution in [3.05, 3.63) is 41.7 Å². The Labute approximate surface area is 127 Å². The Kier molecular flexibility index (Phi) is 3.54. The molecule has 0 radical (unpaired) electrons. The number of hydrogen-bond acceptors (Lipinski definition) is 3. The normalized spacial score (nSPS) is 14.1. The summed E-state index contributed by atoms with van der Waals surface area (Å²) in [5.41, 5.74) is 2.61. The lowest BCUT2D eigenvalue weighted by Gasteiger charge is -2.15. The van der Waals surface area contributed by atoms with Gasteiger partial charge in [0.2, 0.25) is 0 Å². The predicted molar refractivity (Wildman–Crippen MR) is 83.1 cm³/mol. The fourth-order valence-electron chi connectivity index (χ4n) is 2.49. The lowest BCUT2D eigenvalue weighted by molar-refractivity contribution is 0.102. The second kappa shape index (κ2) is 5.51. The molecule has 1 saturated heterocycles. The van der Waals surface area contributed by atoms with Gasteiger partial charge in [0.25, 0.3) is 5.91 Å². The minimum Gasteiger partial charge on any atom is -0.336 e. The highest BCUT2D eigenvalue weighted by atomic mass is 16.2. The molecule has 2 heterocycles. The highest BCUT2D eigenvalue weighted by molar-refractivity contribution is 6.05. The van der Waals surface area contributed by atoms with E-state index < -0.39 is 0 Å². The maximum absolute atomic E-state index is 12.3. The molecule has 3 amide bonds. The number of benzene rings is 1. The van der Waals surface area contributed by atoms with E-state index in [1.807, 2.05) is 12.1 Å². The van der Waals surface area contributed by atoms with Gasteiger partial charge in [-0.15, -0.1) is 0 Å². The molecule has 1 aliphatic rings. The van der Waals surface area contributed by atoms with E-state index in [4.69, 9.17) is 0 Å². The van der Waals surface area contributed by atoms with Crippen LogP contribution >= 0.6 is 0 Å². The van der Waals surface area contributed by atoms with E-state index in [-0.39, 0.29) is 11.9 Å². The number of carbonyl (C=O) groups excluding carboxylic acids is 2. The van der Waals surface area contributed by atoms with Crippen LogP contribution in [-0.2, 0) is 7.05 Å². The fraction of sp³-hybridized carbons (Fsp3) is 0.267. The van der Waals surface area contributed by atoms with Crippen LogP contribution in [0.2, 0.25) is 0 Å². The molecule has 0 spiro atoms. The summed E-state index contributed by atoms with van der Waals surface area (Å²) >= 11 is 0. The van der Waals surface area contributed by atoms with Gasteiger partial charge < -0.3 is 10.6 Å². The van der Waals surface area contributed by atoms with Gasteiger partial charge in [-0.2, -0.15) is 5.10 Å². The quantitative estimate of drug-likeness (QED) is 0.901. The topological polar surface area (TPSA) is 79.3 Å². The molecule has 7 nitrogen and oxygen atoms in total. The summed E-state index contributed by atoms with van der Waals surface area (Å²) < 4.78 is 1.61. The first-order valence-electron chi connectivity index (χ1n) is 7.01. The van der Waals surface area contributed by atoms with E-state index in [0.717, 1.165) is 5.69 Å². The van der Waals surface area contributed by atoms with Gasteiger partial charge in [0, 0.05) is 37.7 Å². The van der Waals surface area contributed by atoms with Crippen molar-refractivity contribution in [1.29, 1.82) is 0 Å². The molecule has 0 saturated carbocycles. The smallest absolute Gasteiger partial charge is 0.321 e. The number of hydrogen-bond donors (Lipinski definition) is 2. The van der Waals surface area contributed by atoms with Crippen molar-refractivity contribution in [1.82, 2.24) is 15.1 Å². The van der Waals surface area contributed by atoms with Crippen LogP contribution in [-0.4, -0.2) is 34.8 Å². The van der Waals surface area contributed by atoms with E-state index in [1.54, 1.807) is 41.9 Å². The number of anilines is 2. The molecule has 0 aliphatic carbocycles. The van der Waals surface area contributed by atoms with E-state index in [0.29, 0.717) is 30.0 Å². The number of amides is 3. The molecule has 0 bridgehead atoms. The number of urea groups is 1. The van der Waals surface area contributed by atoms with Crippen molar-refractivity contribution in [2.45, 2.75) is 6.92 Å². The molecule has 7 heteroatoms. The lowest BCUT2D eigenvalue weighted by atomic mass is 10.2. The molecule has 0 unspecified atom stereocenters. The van der Waals surface area contributed by atoms with Crippen LogP contribution in [0.15, 0.2) is 30.5 Å². The first kappa shape index (κ1) is 14.1. The summed E-state index contributed by atoms with van der Waals surface area (Å²) in [6, 6.07) is 7.12. The van der Waals surface area contributed by atoms with Gasteiger partial charge in [-0.25, -0.2) is 4.79 Å². The van der Waals surface area contributed by atoms with Crippen molar-refractivity contribution in [2.24, 2.45) is 7.05 Å². The number of aromatic nitrogens is 2. The van der Waals surface area contributed by atoms with E-state index in [9.17, 15) is 9.59 Å². The summed E-state index contributed by atoms with van der Waals surface area (Å²) in [6.07, 6.45) is 1.68. The Morgan fingerprint density at radius 3 is 2.86 bits per heavy atom. The Hall–Kier alpha value is -2.83. The Morgan fingerprint density at radius 2 is 2.23 bits per heavy atom. The zero-order valence-electron chi connectivity index (χ0n) is 12.5. The third kappa shape index (κ3) is 2.65. The zero-order valence-corrected chi connectivity index (χ0v) is 12.5. The van der Waals surface area contributed by atoms with Gasteiger partial charge in [0.1, 0.15) is 0 Å². The van der Waals surface area contributed by atoms with Crippen LogP contribution in [0.1, 0.15) is 16.1 Å². The molecule has 2 aromatic rings. The Balaban J connectivity index is 1.79. The van der Waals surface area contributed by atoms with Crippen molar-refractivity contribution < 1.29 is 9.59 Å².